The molecule has 1 atom stereocenters. The number of alkyl carbamates (subject to hydrolysis) is 1. The zero-order valence-electron chi connectivity index (χ0n) is 19.5. The van der Waals surface area contributed by atoms with Crippen molar-refractivity contribution in [3.63, 3.8) is 0 Å². The van der Waals surface area contributed by atoms with Gasteiger partial charge >= 0.3 is 6.09 Å². The first-order valence-corrected chi connectivity index (χ1v) is 10.8. The van der Waals surface area contributed by atoms with Crippen LogP contribution in [0, 0.1) is 6.92 Å². The number of oxazole rings is 1. The summed E-state index contributed by atoms with van der Waals surface area (Å²) in [6, 6.07) is 8.17. The number of ether oxygens (including phenoxy) is 1. The summed E-state index contributed by atoms with van der Waals surface area (Å²) in [7, 11) is 0. The molecule has 8 nitrogen and oxygen atoms in total. The standard InChI is InChI=1S/C23H33N5O3.HI/c1-6-24-21(28-12-11-18(15-28)27-22(29)31-23(3,4)5)26-14-20-25-13-19(30-20)17-9-7-16(2)8-10-17;/h7-10,13,18H,6,11-12,14-15H2,1-5H3,(H,24,26)(H,27,29);1H. The predicted octanol–water partition coefficient (Wildman–Crippen LogP) is 4.33. The highest BCUT2D eigenvalue weighted by Crippen LogP contribution is 2.21. The fourth-order valence-electron chi connectivity index (χ4n) is 3.35. The first kappa shape index (κ1) is 26.0. The minimum Gasteiger partial charge on any atom is -0.444 e. The Morgan fingerprint density at radius 3 is 2.69 bits per heavy atom. The topological polar surface area (TPSA) is 92.0 Å². The van der Waals surface area contributed by atoms with Crippen LogP contribution in [0.25, 0.3) is 11.3 Å². The van der Waals surface area contributed by atoms with Crippen LogP contribution in [0.1, 0.15) is 45.6 Å². The molecule has 2 aromatic rings. The summed E-state index contributed by atoms with van der Waals surface area (Å²) in [5, 5.41) is 6.26. The van der Waals surface area contributed by atoms with Crippen LogP contribution in [0.15, 0.2) is 39.9 Å². The van der Waals surface area contributed by atoms with Gasteiger partial charge in [-0.2, -0.15) is 0 Å². The Kier molecular flexibility index (Phi) is 9.35. The fourth-order valence-corrected chi connectivity index (χ4v) is 3.35. The zero-order chi connectivity index (χ0) is 22.4. The molecule has 0 aliphatic carbocycles. The van der Waals surface area contributed by atoms with Gasteiger partial charge in [0.25, 0.3) is 0 Å². The van der Waals surface area contributed by atoms with Crippen molar-refractivity contribution in [3.05, 3.63) is 41.9 Å². The lowest BCUT2D eigenvalue weighted by atomic mass is 10.1. The van der Waals surface area contributed by atoms with Crippen molar-refractivity contribution < 1.29 is 13.9 Å². The van der Waals surface area contributed by atoms with Crippen molar-refractivity contribution in [1.82, 2.24) is 20.5 Å². The Hall–Kier alpha value is -2.30. The largest absolute Gasteiger partial charge is 0.444 e. The van der Waals surface area contributed by atoms with E-state index in [1.54, 1.807) is 6.20 Å². The molecule has 1 saturated heterocycles. The van der Waals surface area contributed by atoms with Gasteiger partial charge in [0, 0.05) is 25.2 Å². The summed E-state index contributed by atoms with van der Waals surface area (Å²) in [5.41, 5.74) is 1.69. The number of aromatic nitrogens is 1. The van der Waals surface area contributed by atoms with Crippen molar-refractivity contribution in [1.29, 1.82) is 0 Å². The lowest BCUT2D eigenvalue weighted by Gasteiger charge is -2.23. The molecule has 176 valence electrons. The van der Waals surface area contributed by atoms with Crippen LogP contribution < -0.4 is 10.6 Å². The third kappa shape index (κ3) is 7.68. The van der Waals surface area contributed by atoms with Crippen LogP contribution in [0.2, 0.25) is 0 Å². The third-order valence-electron chi connectivity index (χ3n) is 4.80. The second-order valence-corrected chi connectivity index (χ2v) is 8.73. The molecule has 2 heterocycles. The second-order valence-electron chi connectivity index (χ2n) is 8.73. The van der Waals surface area contributed by atoms with E-state index in [-0.39, 0.29) is 36.1 Å². The van der Waals surface area contributed by atoms with Crippen molar-refractivity contribution in [3.8, 4) is 11.3 Å². The van der Waals surface area contributed by atoms with E-state index in [1.165, 1.54) is 5.56 Å². The van der Waals surface area contributed by atoms with Gasteiger partial charge in [0.1, 0.15) is 12.1 Å². The first-order valence-electron chi connectivity index (χ1n) is 10.8. The van der Waals surface area contributed by atoms with Gasteiger partial charge < -0.3 is 24.7 Å². The number of aryl methyl sites for hydroxylation is 1. The molecule has 1 aliphatic rings. The summed E-state index contributed by atoms with van der Waals surface area (Å²) in [5.74, 6) is 2.08. The van der Waals surface area contributed by atoms with Gasteiger partial charge in [-0.25, -0.2) is 14.8 Å². The van der Waals surface area contributed by atoms with Gasteiger partial charge in [0.05, 0.1) is 12.2 Å². The Morgan fingerprint density at radius 2 is 2.03 bits per heavy atom. The number of halogens is 1. The first-order chi connectivity index (χ1) is 14.7. The summed E-state index contributed by atoms with van der Waals surface area (Å²) >= 11 is 0. The van der Waals surface area contributed by atoms with E-state index in [4.69, 9.17) is 14.1 Å². The highest BCUT2D eigenvalue weighted by molar-refractivity contribution is 14.0. The van der Waals surface area contributed by atoms with Crippen molar-refractivity contribution in [2.75, 3.05) is 19.6 Å². The number of carbonyl (C=O) groups excluding carboxylic acids is 1. The van der Waals surface area contributed by atoms with E-state index in [0.29, 0.717) is 19.0 Å². The number of nitrogens with one attached hydrogen (secondary N) is 2. The van der Waals surface area contributed by atoms with Gasteiger partial charge in [0.15, 0.2) is 11.7 Å². The molecule has 1 aromatic heterocycles. The van der Waals surface area contributed by atoms with Crippen LogP contribution >= 0.6 is 24.0 Å². The Bertz CT molecular complexity index is 905. The maximum Gasteiger partial charge on any atom is 0.407 e. The van der Waals surface area contributed by atoms with E-state index in [0.717, 1.165) is 36.8 Å². The monoisotopic (exact) mass is 555 g/mol. The number of aliphatic imine (C=N–C) groups is 1. The van der Waals surface area contributed by atoms with Crippen LogP contribution in [0.3, 0.4) is 0 Å². The minimum atomic E-state index is -0.508. The molecule has 1 aliphatic heterocycles. The van der Waals surface area contributed by atoms with Gasteiger partial charge in [-0.15, -0.1) is 24.0 Å². The molecular weight excluding hydrogens is 521 g/mol. The highest BCUT2D eigenvalue weighted by atomic mass is 127. The van der Waals surface area contributed by atoms with Crippen LogP contribution in [-0.2, 0) is 11.3 Å². The maximum absolute atomic E-state index is 12.0. The number of amides is 1. The normalized spacial score (nSPS) is 16.5. The molecule has 1 amide bonds. The Morgan fingerprint density at radius 1 is 1.31 bits per heavy atom. The second kappa shape index (κ2) is 11.5. The molecule has 3 rings (SSSR count). The molecule has 1 aromatic carbocycles. The average Bonchev–Trinajstić information content (AvgIpc) is 3.34. The fraction of sp³-hybridized carbons (Fsp3) is 0.522. The number of hydrogen-bond donors (Lipinski definition) is 2. The van der Waals surface area contributed by atoms with E-state index in [9.17, 15) is 4.79 Å². The molecule has 0 saturated carbocycles. The number of hydrogen-bond acceptors (Lipinski definition) is 5. The SMILES string of the molecule is CCNC(=NCc1ncc(-c2ccc(C)cc2)o1)N1CCC(NC(=O)OC(C)(C)C)C1.I. The molecule has 32 heavy (non-hydrogen) atoms. The minimum absolute atomic E-state index is 0. The summed E-state index contributed by atoms with van der Waals surface area (Å²) < 4.78 is 11.2. The lowest BCUT2D eigenvalue weighted by molar-refractivity contribution is 0.0507. The van der Waals surface area contributed by atoms with Gasteiger partial charge in [0.2, 0.25) is 5.89 Å². The number of guanidine groups is 1. The molecule has 0 bridgehead atoms. The summed E-state index contributed by atoms with van der Waals surface area (Å²) in [6.45, 7) is 12.2. The number of likely N-dealkylation sites (tertiary alicyclic amines) is 1. The van der Waals surface area contributed by atoms with Crippen molar-refractivity contribution >= 4 is 36.0 Å². The summed E-state index contributed by atoms with van der Waals surface area (Å²) in [6.07, 6.45) is 2.18. The van der Waals surface area contributed by atoms with E-state index < -0.39 is 5.60 Å². The van der Waals surface area contributed by atoms with Gasteiger partial charge in [-0.05, 0) is 41.0 Å². The maximum atomic E-state index is 12.0. The molecule has 0 radical (unpaired) electrons. The molecular formula is C23H34IN5O3. The zero-order valence-corrected chi connectivity index (χ0v) is 21.8. The van der Waals surface area contributed by atoms with Crippen molar-refractivity contribution in [2.24, 2.45) is 4.99 Å². The molecule has 0 spiro atoms. The molecule has 1 unspecified atom stereocenters. The highest BCUT2D eigenvalue weighted by Gasteiger charge is 2.28. The molecule has 9 heteroatoms. The molecule has 1 fully saturated rings. The van der Waals surface area contributed by atoms with Crippen LogP contribution in [-0.4, -0.2) is 53.2 Å². The average molecular weight is 555 g/mol. The quantitative estimate of drug-likeness (QED) is 0.324. The van der Waals surface area contributed by atoms with E-state index >= 15 is 0 Å². The smallest absolute Gasteiger partial charge is 0.407 e. The van der Waals surface area contributed by atoms with E-state index in [1.807, 2.05) is 52.0 Å². The van der Waals surface area contributed by atoms with Gasteiger partial charge in [-0.3, -0.25) is 0 Å². The predicted molar refractivity (Wildman–Crippen MR) is 136 cm³/mol. The number of rotatable bonds is 5. The van der Waals surface area contributed by atoms with Gasteiger partial charge in [-0.1, -0.05) is 29.8 Å². The van der Waals surface area contributed by atoms with Crippen LogP contribution in [0.4, 0.5) is 4.79 Å². The number of nitrogens with zero attached hydrogens (tertiary/aromatic N) is 3. The van der Waals surface area contributed by atoms with Crippen LogP contribution in [0.5, 0.6) is 0 Å². The summed E-state index contributed by atoms with van der Waals surface area (Å²) in [4.78, 5) is 23.2. The third-order valence-corrected chi connectivity index (χ3v) is 4.80. The number of carbonyl (C=O) groups is 1. The Labute approximate surface area is 207 Å². The lowest BCUT2D eigenvalue weighted by Crippen LogP contribution is -2.44. The number of benzene rings is 1. The Balaban J connectivity index is 0.00000363. The van der Waals surface area contributed by atoms with E-state index in [2.05, 4.69) is 27.4 Å². The molecule has 2 N–H and O–H groups in total. The van der Waals surface area contributed by atoms with Crippen molar-refractivity contribution in [2.45, 2.75) is 59.2 Å².